The topological polar surface area (TPSA) is 34.5 Å². The molecular formula is C17H20N2O2. The van der Waals surface area contributed by atoms with Gasteiger partial charge in [-0.05, 0) is 30.7 Å². The number of rotatable bonds is 3. The molecule has 4 heteroatoms. The molecule has 110 valence electrons. The van der Waals surface area contributed by atoms with Gasteiger partial charge in [0.2, 0.25) is 0 Å². The van der Waals surface area contributed by atoms with Crippen molar-refractivity contribution in [3.8, 4) is 5.75 Å². The van der Waals surface area contributed by atoms with Crippen molar-refractivity contribution in [3.63, 3.8) is 0 Å². The van der Waals surface area contributed by atoms with Crippen molar-refractivity contribution in [1.29, 1.82) is 0 Å². The highest BCUT2D eigenvalue weighted by Gasteiger charge is 2.26. The largest absolute Gasteiger partial charge is 0.497 e. The van der Waals surface area contributed by atoms with Gasteiger partial charge in [-0.3, -0.25) is 4.79 Å². The van der Waals surface area contributed by atoms with Crippen LogP contribution < -0.4 is 4.74 Å². The molecule has 4 nitrogen and oxygen atoms in total. The third-order valence-electron chi connectivity index (χ3n) is 4.21. The second-order valence-electron chi connectivity index (χ2n) is 5.37. The van der Waals surface area contributed by atoms with Crippen LogP contribution in [0.25, 0.3) is 10.9 Å². The van der Waals surface area contributed by atoms with Crippen LogP contribution in [0.4, 0.5) is 0 Å². The second kappa shape index (κ2) is 5.28. The fraction of sp³-hybridized carbons (Fsp3) is 0.353. The lowest BCUT2D eigenvalue weighted by Crippen LogP contribution is -2.36. The molecule has 0 radical (unpaired) electrons. The number of hydrogen-bond acceptors (Lipinski definition) is 2. The zero-order chi connectivity index (χ0) is 15.0. The van der Waals surface area contributed by atoms with Gasteiger partial charge >= 0.3 is 0 Å². The predicted octanol–water partition coefficient (Wildman–Crippen LogP) is 2.98. The Balaban J connectivity index is 2.00. The van der Waals surface area contributed by atoms with Crippen LogP contribution in [0.15, 0.2) is 36.4 Å². The van der Waals surface area contributed by atoms with Gasteiger partial charge in [0.15, 0.2) is 0 Å². The van der Waals surface area contributed by atoms with E-state index in [0.29, 0.717) is 6.54 Å². The van der Waals surface area contributed by atoms with Crippen molar-refractivity contribution >= 4 is 16.8 Å². The lowest BCUT2D eigenvalue weighted by molar-refractivity contribution is 0.0738. The Morgan fingerprint density at radius 1 is 1.38 bits per heavy atom. The first kappa shape index (κ1) is 13.7. The number of carbonyl (C=O) groups excluding carboxylic acids is 1. The molecule has 0 bridgehead atoms. The van der Waals surface area contributed by atoms with E-state index in [1.807, 2.05) is 40.8 Å². The molecule has 0 saturated heterocycles. The zero-order valence-electron chi connectivity index (χ0n) is 12.7. The predicted molar refractivity (Wildman–Crippen MR) is 83.7 cm³/mol. The third-order valence-corrected chi connectivity index (χ3v) is 4.21. The molecule has 1 aliphatic heterocycles. The molecule has 2 aromatic rings. The average molecular weight is 284 g/mol. The molecule has 1 atom stereocenters. The van der Waals surface area contributed by atoms with E-state index in [9.17, 15) is 4.79 Å². The van der Waals surface area contributed by atoms with Gasteiger partial charge in [0, 0.05) is 24.5 Å². The molecule has 1 aliphatic rings. The number of nitrogens with zero attached hydrogens (tertiary/aromatic N) is 2. The summed E-state index contributed by atoms with van der Waals surface area (Å²) >= 11 is 0. The first-order chi connectivity index (χ1) is 10.2. The summed E-state index contributed by atoms with van der Waals surface area (Å²) in [6.07, 6.45) is 5.13. The Kier molecular flexibility index (Phi) is 3.45. The molecule has 1 amide bonds. The maximum absolute atomic E-state index is 12.8. The van der Waals surface area contributed by atoms with E-state index in [4.69, 9.17) is 4.74 Å². The Bertz CT molecular complexity index is 715. The molecule has 2 heterocycles. The minimum Gasteiger partial charge on any atom is -0.497 e. The number of methoxy groups -OCH3 is 1. The van der Waals surface area contributed by atoms with Gasteiger partial charge in [-0.25, -0.2) is 0 Å². The second-order valence-corrected chi connectivity index (χ2v) is 5.37. The minimum absolute atomic E-state index is 0.0875. The van der Waals surface area contributed by atoms with E-state index in [0.717, 1.165) is 28.8 Å². The molecule has 0 aliphatic carbocycles. The lowest BCUT2D eigenvalue weighted by Gasteiger charge is -2.23. The Morgan fingerprint density at radius 2 is 2.19 bits per heavy atom. The highest BCUT2D eigenvalue weighted by Crippen LogP contribution is 2.26. The fourth-order valence-corrected chi connectivity index (χ4v) is 2.97. The summed E-state index contributed by atoms with van der Waals surface area (Å²) in [5.74, 6) is 0.894. The molecule has 3 rings (SSSR count). The fourth-order valence-electron chi connectivity index (χ4n) is 2.97. The van der Waals surface area contributed by atoms with Gasteiger partial charge in [-0.1, -0.05) is 19.1 Å². The van der Waals surface area contributed by atoms with Crippen LogP contribution in [0.3, 0.4) is 0 Å². The number of amides is 1. The summed E-state index contributed by atoms with van der Waals surface area (Å²) in [6, 6.07) is 8.04. The number of hydrogen-bond donors (Lipinski definition) is 0. The number of ether oxygens (including phenoxy) is 1. The first-order valence-electron chi connectivity index (χ1n) is 7.26. The summed E-state index contributed by atoms with van der Waals surface area (Å²) in [7, 11) is 3.59. The minimum atomic E-state index is 0.0875. The van der Waals surface area contributed by atoms with Crippen molar-refractivity contribution in [2.45, 2.75) is 19.4 Å². The zero-order valence-corrected chi connectivity index (χ0v) is 12.7. The first-order valence-corrected chi connectivity index (χ1v) is 7.26. The van der Waals surface area contributed by atoms with Crippen molar-refractivity contribution in [2.24, 2.45) is 7.05 Å². The van der Waals surface area contributed by atoms with E-state index in [2.05, 4.69) is 19.1 Å². The molecule has 0 saturated carbocycles. The molecule has 1 aromatic carbocycles. The Labute approximate surface area is 124 Å². The molecule has 0 N–H and O–H groups in total. The normalized spacial score (nSPS) is 17.7. The number of benzene rings is 1. The van der Waals surface area contributed by atoms with E-state index in [-0.39, 0.29) is 11.9 Å². The Morgan fingerprint density at radius 3 is 2.90 bits per heavy atom. The van der Waals surface area contributed by atoms with Crippen molar-refractivity contribution in [3.05, 3.63) is 42.1 Å². The van der Waals surface area contributed by atoms with Gasteiger partial charge in [0.05, 0.1) is 13.2 Å². The molecule has 0 fully saturated rings. The average Bonchev–Trinajstić information content (AvgIpc) is 3.11. The number of aryl methyl sites for hydroxylation is 1. The van der Waals surface area contributed by atoms with Crippen molar-refractivity contribution in [2.75, 3.05) is 13.7 Å². The molecular weight excluding hydrogens is 264 g/mol. The maximum atomic E-state index is 12.8. The third kappa shape index (κ3) is 2.20. The van der Waals surface area contributed by atoms with Gasteiger partial charge in [-0.2, -0.15) is 0 Å². The molecule has 21 heavy (non-hydrogen) atoms. The Hall–Kier alpha value is -2.23. The summed E-state index contributed by atoms with van der Waals surface area (Å²) in [5.41, 5.74) is 1.76. The summed E-state index contributed by atoms with van der Waals surface area (Å²) in [5, 5.41) is 1.03. The number of aromatic nitrogens is 1. The highest BCUT2D eigenvalue weighted by atomic mass is 16.5. The number of carbonyl (C=O) groups is 1. The van der Waals surface area contributed by atoms with Crippen LogP contribution in [0.2, 0.25) is 0 Å². The van der Waals surface area contributed by atoms with Crippen LogP contribution in [0.1, 0.15) is 23.8 Å². The van der Waals surface area contributed by atoms with E-state index in [1.54, 1.807) is 7.11 Å². The SMILES string of the molecule is CCC1C=CCN1C(=O)c1cc2cc(OC)ccc2n1C. The van der Waals surface area contributed by atoms with Crippen LogP contribution in [0.5, 0.6) is 5.75 Å². The molecule has 1 aromatic heterocycles. The van der Waals surface area contributed by atoms with Crippen LogP contribution in [0, 0.1) is 0 Å². The molecule has 1 unspecified atom stereocenters. The standard InChI is InChI=1S/C17H20N2O2/c1-4-13-6-5-9-19(13)17(20)16-11-12-10-14(21-3)7-8-15(12)18(16)2/h5-8,10-11,13H,4,9H2,1-3H3. The van der Waals surface area contributed by atoms with E-state index < -0.39 is 0 Å². The number of fused-ring (bicyclic) bond motifs is 1. The van der Waals surface area contributed by atoms with Crippen molar-refractivity contribution < 1.29 is 9.53 Å². The molecule has 0 spiro atoms. The quantitative estimate of drug-likeness (QED) is 0.812. The summed E-state index contributed by atoms with van der Waals surface area (Å²) < 4.78 is 7.21. The lowest BCUT2D eigenvalue weighted by atomic mass is 10.2. The maximum Gasteiger partial charge on any atom is 0.271 e. The smallest absolute Gasteiger partial charge is 0.271 e. The highest BCUT2D eigenvalue weighted by molar-refractivity contribution is 5.99. The van der Waals surface area contributed by atoms with Gasteiger partial charge in [0.1, 0.15) is 11.4 Å². The van der Waals surface area contributed by atoms with Crippen LogP contribution in [-0.2, 0) is 7.05 Å². The van der Waals surface area contributed by atoms with Gasteiger partial charge < -0.3 is 14.2 Å². The van der Waals surface area contributed by atoms with Gasteiger partial charge in [0.25, 0.3) is 5.91 Å². The van der Waals surface area contributed by atoms with E-state index >= 15 is 0 Å². The van der Waals surface area contributed by atoms with Crippen LogP contribution >= 0.6 is 0 Å². The van der Waals surface area contributed by atoms with Crippen LogP contribution in [-0.4, -0.2) is 35.1 Å². The van der Waals surface area contributed by atoms with E-state index in [1.165, 1.54) is 0 Å². The summed E-state index contributed by atoms with van der Waals surface area (Å²) in [4.78, 5) is 14.7. The van der Waals surface area contributed by atoms with Crippen molar-refractivity contribution in [1.82, 2.24) is 9.47 Å². The summed E-state index contributed by atoms with van der Waals surface area (Å²) in [6.45, 7) is 2.80. The monoisotopic (exact) mass is 284 g/mol. The van der Waals surface area contributed by atoms with Gasteiger partial charge in [-0.15, -0.1) is 0 Å².